The van der Waals surface area contributed by atoms with E-state index in [1.54, 1.807) is 19.9 Å². The van der Waals surface area contributed by atoms with E-state index in [1.807, 2.05) is 0 Å². The third-order valence-electron chi connectivity index (χ3n) is 2.32. The van der Waals surface area contributed by atoms with Crippen LogP contribution in [-0.2, 0) is 14.9 Å². The van der Waals surface area contributed by atoms with Crippen molar-refractivity contribution < 1.29 is 17.8 Å². The maximum absolute atomic E-state index is 11.6. The van der Waals surface area contributed by atoms with Gasteiger partial charge in [0.15, 0.2) is 0 Å². The molecule has 7 nitrogen and oxygen atoms in total. The molecule has 1 amide bonds. The zero-order valence-corrected chi connectivity index (χ0v) is 12.3. The maximum Gasteiger partial charge on any atom is 0.294 e. The third-order valence-corrected chi connectivity index (χ3v) is 3.19. The van der Waals surface area contributed by atoms with Gasteiger partial charge in [-0.15, -0.1) is 0 Å². The number of nitrogens with one attached hydrogen (secondary N) is 2. The number of benzene rings is 1. The lowest BCUT2D eigenvalue weighted by Gasteiger charge is -2.07. The third kappa shape index (κ3) is 5.25. The summed E-state index contributed by atoms with van der Waals surface area (Å²) in [4.78, 5) is 11.4. The summed E-state index contributed by atoms with van der Waals surface area (Å²) in [6, 6.07) is 6.87. The van der Waals surface area contributed by atoms with Crippen LogP contribution in [0.5, 0.6) is 0 Å². The van der Waals surface area contributed by atoms with E-state index in [-0.39, 0.29) is 16.5 Å². The van der Waals surface area contributed by atoms with Crippen molar-refractivity contribution in [2.75, 3.05) is 5.32 Å². The van der Waals surface area contributed by atoms with Gasteiger partial charge in [-0.3, -0.25) is 9.35 Å². The van der Waals surface area contributed by atoms with E-state index < -0.39 is 16.0 Å². The Balaban J connectivity index is 2.83. The molecule has 0 aliphatic carbocycles. The normalized spacial score (nSPS) is 11.9. The zero-order valence-electron chi connectivity index (χ0n) is 11.5. The first-order valence-electron chi connectivity index (χ1n) is 5.99. The molecule has 3 N–H and O–H groups in total. The second-order valence-corrected chi connectivity index (χ2v) is 5.86. The second-order valence-electron chi connectivity index (χ2n) is 4.44. The van der Waals surface area contributed by atoms with Gasteiger partial charge in [0.1, 0.15) is 11.6 Å². The number of hydrogen-bond donors (Lipinski definition) is 3. The summed E-state index contributed by atoms with van der Waals surface area (Å²) in [7, 11) is -4.24. The number of amides is 1. The van der Waals surface area contributed by atoms with Crippen LogP contribution in [0.3, 0.4) is 0 Å². The molecule has 1 aromatic carbocycles. The van der Waals surface area contributed by atoms with Crippen LogP contribution in [-0.4, -0.2) is 24.9 Å². The van der Waals surface area contributed by atoms with Crippen LogP contribution >= 0.6 is 0 Å². The highest BCUT2D eigenvalue weighted by Crippen LogP contribution is 2.14. The quantitative estimate of drug-likeness (QED) is 0.428. The molecule has 0 spiro atoms. The van der Waals surface area contributed by atoms with Crippen LogP contribution in [0.4, 0.5) is 5.69 Å². The fourth-order valence-corrected chi connectivity index (χ4v) is 1.85. The summed E-state index contributed by atoms with van der Waals surface area (Å²) in [5, 5.41) is 14.2. The number of hydrogen-bond acceptors (Lipinski definition) is 5. The predicted molar refractivity (Wildman–Crippen MR) is 76.9 cm³/mol. The standard InChI is InChI=1S/C13H15N3O4S/c1-9(2)16-13(17)10(7-14)8-15-11-3-5-12(6-4-11)21(18,19)20/h3-6,8-9,15H,1-2H3,(H,16,17)(H,18,19,20)/b10-8-. The first kappa shape index (κ1) is 16.7. The van der Waals surface area contributed by atoms with Gasteiger partial charge in [0.25, 0.3) is 16.0 Å². The molecule has 0 atom stereocenters. The molecule has 0 fully saturated rings. The molecule has 0 saturated carbocycles. The van der Waals surface area contributed by atoms with Gasteiger partial charge >= 0.3 is 0 Å². The minimum Gasteiger partial charge on any atom is -0.360 e. The number of carbonyl (C=O) groups excluding carboxylic acids is 1. The molecule has 0 unspecified atom stereocenters. The minimum atomic E-state index is -4.24. The Labute approximate surface area is 123 Å². The average molecular weight is 309 g/mol. The van der Waals surface area contributed by atoms with Gasteiger partial charge in [0.2, 0.25) is 0 Å². The van der Waals surface area contributed by atoms with Gasteiger partial charge in [0, 0.05) is 17.9 Å². The molecule has 0 aliphatic heterocycles. The maximum atomic E-state index is 11.6. The molecule has 0 heterocycles. The molecule has 0 aromatic heterocycles. The molecule has 8 heteroatoms. The Morgan fingerprint density at radius 3 is 2.33 bits per heavy atom. The highest BCUT2D eigenvalue weighted by Gasteiger charge is 2.10. The Morgan fingerprint density at radius 2 is 1.90 bits per heavy atom. The summed E-state index contributed by atoms with van der Waals surface area (Å²) in [5.41, 5.74) is 0.357. The van der Waals surface area contributed by atoms with E-state index in [4.69, 9.17) is 9.81 Å². The monoisotopic (exact) mass is 309 g/mol. The summed E-state index contributed by atoms with van der Waals surface area (Å²) in [6.07, 6.45) is 1.22. The molecule has 21 heavy (non-hydrogen) atoms. The van der Waals surface area contributed by atoms with Crippen molar-refractivity contribution in [3.8, 4) is 6.07 Å². The summed E-state index contributed by atoms with van der Waals surface area (Å²) in [5.74, 6) is -0.505. The molecular formula is C13H15N3O4S. The Bertz CT molecular complexity index is 685. The molecule has 112 valence electrons. The molecule has 0 radical (unpaired) electrons. The van der Waals surface area contributed by atoms with E-state index in [0.717, 1.165) is 0 Å². The van der Waals surface area contributed by atoms with Crippen molar-refractivity contribution in [3.63, 3.8) is 0 Å². The van der Waals surface area contributed by atoms with Crippen molar-refractivity contribution >= 4 is 21.7 Å². The predicted octanol–water partition coefficient (Wildman–Crippen LogP) is 1.28. The van der Waals surface area contributed by atoms with E-state index in [9.17, 15) is 13.2 Å². The smallest absolute Gasteiger partial charge is 0.294 e. The first-order valence-corrected chi connectivity index (χ1v) is 7.43. The van der Waals surface area contributed by atoms with Gasteiger partial charge in [-0.1, -0.05) is 0 Å². The number of rotatable bonds is 5. The Kier molecular flexibility index (Phi) is 5.46. The van der Waals surface area contributed by atoms with Crippen molar-refractivity contribution in [1.82, 2.24) is 5.32 Å². The molecule has 1 aromatic rings. The van der Waals surface area contributed by atoms with E-state index in [1.165, 1.54) is 30.5 Å². The van der Waals surface area contributed by atoms with Crippen molar-refractivity contribution in [2.24, 2.45) is 0 Å². The molecule has 0 aliphatic rings. The van der Waals surface area contributed by atoms with Crippen LogP contribution in [0.25, 0.3) is 0 Å². The molecule has 0 saturated heterocycles. The van der Waals surface area contributed by atoms with Gasteiger partial charge in [-0.25, -0.2) is 0 Å². The number of nitriles is 1. The van der Waals surface area contributed by atoms with Crippen molar-refractivity contribution in [2.45, 2.75) is 24.8 Å². The SMILES string of the molecule is CC(C)NC(=O)/C(C#N)=C\Nc1ccc(S(=O)(=O)O)cc1. The van der Waals surface area contributed by atoms with E-state index >= 15 is 0 Å². The van der Waals surface area contributed by atoms with Crippen molar-refractivity contribution in [1.29, 1.82) is 5.26 Å². The van der Waals surface area contributed by atoms with Crippen LogP contribution in [0, 0.1) is 11.3 Å². The van der Waals surface area contributed by atoms with E-state index in [0.29, 0.717) is 5.69 Å². The number of anilines is 1. The fourth-order valence-electron chi connectivity index (χ4n) is 1.37. The highest BCUT2D eigenvalue weighted by atomic mass is 32.2. The summed E-state index contributed by atoms with van der Waals surface area (Å²) >= 11 is 0. The lowest BCUT2D eigenvalue weighted by molar-refractivity contribution is -0.117. The first-order chi connectivity index (χ1) is 9.74. The lowest BCUT2D eigenvalue weighted by atomic mass is 10.2. The highest BCUT2D eigenvalue weighted by molar-refractivity contribution is 7.85. The molecular weight excluding hydrogens is 294 g/mol. The Morgan fingerprint density at radius 1 is 1.33 bits per heavy atom. The Hall–Kier alpha value is -2.37. The van der Waals surface area contributed by atoms with Crippen LogP contribution in [0.15, 0.2) is 40.9 Å². The van der Waals surface area contributed by atoms with Crippen LogP contribution < -0.4 is 10.6 Å². The number of carbonyl (C=O) groups is 1. The van der Waals surface area contributed by atoms with Gasteiger partial charge in [-0.2, -0.15) is 13.7 Å². The van der Waals surface area contributed by atoms with Crippen LogP contribution in [0.2, 0.25) is 0 Å². The fraction of sp³-hybridized carbons (Fsp3) is 0.231. The topological polar surface area (TPSA) is 119 Å². The van der Waals surface area contributed by atoms with Gasteiger partial charge < -0.3 is 10.6 Å². The summed E-state index contributed by atoms with van der Waals surface area (Å²) < 4.78 is 30.6. The molecule has 1 rings (SSSR count). The summed E-state index contributed by atoms with van der Waals surface area (Å²) in [6.45, 7) is 3.54. The lowest BCUT2D eigenvalue weighted by Crippen LogP contribution is -2.31. The van der Waals surface area contributed by atoms with Gasteiger partial charge in [-0.05, 0) is 38.1 Å². The largest absolute Gasteiger partial charge is 0.360 e. The van der Waals surface area contributed by atoms with Gasteiger partial charge in [0.05, 0.1) is 4.90 Å². The number of nitrogens with zero attached hydrogens (tertiary/aromatic N) is 1. The minimum absolute atomic E-state index is 0.0942. The average Bonchev–Trinajstić information content (AvgIpc) is 2.38. The molecule has 0 bridgehead atoms. The van der Waals surface area contributed by atoms with Crippen molar-refractivity contribution in [3.05, 3.63) is 36.0 Å². The second kappa shape index (κ2) is 6.88. The van der Waals surface area contributed by atoms with Crippen LogP contribution in [0.1, 0.15) is 13.8 Å². The zero-order chi connectivity index (χ0) is 16.0. The van der Waals surface area contributed by atoms with E-state index in [2.05, 4.69) is 10.6 Å².